The van der Waals surface area contributed by atoms with Crippen molar-refractivity contribution in [1.29, 1.82) is 0 Å². The second-order valence-electron chi connectivity index (χ2n) is 5.35. The lowest BCUT2D eigenvalue weighted by Crippen LogP contribution is -2.43. The minimum Gasteiger partial charge on any atom is -0.268 e. The number of thiophene rings is 1. The van der Waals surface area contributed by atoms with Gasteiger partial charge in [0.2, 0.25) is 0 Å². The zero-order chi connectivity index (χ0) is 16.7. The lowest BCUT2D eigenvalue weighted by Gasteiger charge is -2.06. The highest BCUT2D eigenvalue weighted by molar-refractivity contribution is 7.15. The van der Waals surface area contributed by atoms with Gasteiger partial charge >= 0.3 is 0 Å². The Morgan fingerprint density at radius 3 is 2.88 bits per heavy atom. The van der Waals surface area contributed by atoms with Crippen LogP contribution in [0.25, 0.3) is 4.96 Å². The van der Waals surface area contributed by atoms with E-state index in [1.807, 2.05) is 6.07 Å². The molecule has 9 heteroatoms. The first-order valence-corrected chi connectivity index (χ1v) is 9.00. The minimum absolute atomic E-state index is 0.125. The van der Waals surface area contributed by atoms with E-state index in [0.717, 1.165) is 19.3 Å². The number of thiazole rings is 1. The van der Waals surface area contributed by atoms with Gasteiger partial charge in [0, 0.05) is 22.7 Å². The van der Waals surface area contributed by atoms with Gasteiger partial charge < -0.3 is 0 Å². The SMILES string of the molecule is O=C(NNC(=O)c1cnc2sccn2c1=O)c1cc2c(s1)CCC2. The summed E-state index contributed by atoms with van der Waals surface area (Å²) in [6.45, 7) is 0. The van der Waals surface area contributed by atoms with Crippen LogP contribution in [0.4, 0.5) is 0 Å². The fourth-order valence-corrected chi connectivity index (χ4v) is 4.49. The third kappa shape index (κ3) is 2.51. The molecule has 0 saturated heterocycles. The number of carbonyl (C=O) groups is 2. The molecule has 7 nitrogen and oxygen atoms in total. The molecule has 0 spiro atoms. The van der Waals surface area contributed by atoms with Crippen LogP contribution in [-0.4, -0.2) is 21.2 Å². The number of carbonyl (C=O) groups excluding carboxylic acids is 2. The highest BCUT2D eigenvalue weighted by Crippen LogP contribution is 2.30. The largest absolute Gasteiger partial charge is 0.279 e. The molecule has 4 rings (SSSR count). The molecule has 2 N–H and O–H groups in total. The molecular weight excluding hydrogens is 348 g/mol. The minimum atomic E-state index is -0.689. The number of fused-ring (bicyclic) bond motifs is 2. The number of nitrogens with zero attached hydrogens (tertiary/aromatic N) is 2. The molecular formula is C15H12N4O3S2. The van der Waals surface area contributed by atoms with E-state index in [2.05, 4.69) is 15.8 Å². The van der Waals surface area contributed by atoms with Crippen LogP contribution in [0.15, 0.2) is 28.6 Å². The molecule has 1 aliphatic rings. The van der Waals surface area contributed by atoms with Crippen LogP contribution >= 0.6 is 22.7 Å². The van der Waals surface area contributed by atoms with E-state index in [9.17, 15) is 14.4 Å². The lowest BCUT2D eigenvalue weighted by atomic mass is 10.2. The second-order valence-corrected chi connectivity index (χ2v) is 7.36. The zero-order valence-corrected chi connectivity index (χ0v) is 14.0. The highest BCUT2D eigenvalue weighted by Gasteiger charge is 2.19. The van der Waals surface area contributed by atoms with Crippen molar-refractivity contribution in [2.45, 2.75) is 19.3 Å². The highest BCUT2D eigenvalue weighted by atomic mass is 32.1. The van der Waals surface area contributed by atoms with Crippen LogP contribution < -0.4 is 16.4 Å². The predicted octanol–water partition coefficient (Wildman–Crippen LogP) is 1.38. The van der Waals surface area contributed by atoms with Crippen LogP contribution in [0.1, 0.15) is 36.9 Å². The number of aromatic nitrogens is 2. The Hall–Kier alpha value is -2.52. The first-order chi connectivity index (χ1) is 11.6. The number of amides is 2. The third-order valence-corrected chi connectivity index (χ3v) is 5.85. The maximum Gasteiger partial charge on any atom is 0.279 e. The van der Waals surface area contributed by atoms with E-state index in [1.54, 1.807) is 11.6 Å². The standard InChI is InChI=1S/C15H12N4O3S2/c20-12(9-7-16-15-19(14(9)22)4-5-23-15)17-18-13(21)11-6-8-2-1-3-10(8)24-11/h4-7H,1-3H2,(H,17,20)(H,18,21). The van der Waals surface area contributed by atoms with E-state index < -0.39 is 11.5 Å². The molecule has 0 atom stereocenters. The predicted molar refractivity (Wildman–Crippen MR) is 90.6 cm³/mol. The Kier molecular flexibility index (Phi) is 3.66. The van der Waals surface area contributed by atoms with Gasteiger partial charge in [0.1, 0.15) is 5.56 Å². The van der Waals surface area contributed by atoms with Crippen molar-refractivity contribution in [3.05, 3.63) is 55.1 Å². The maximum atomic E-state index is 12.2. The first kappa shape index (κ1) is 15.0. The summed E-state index contributed by atoms with van der Waals surface area (Å²) in [5.74, 6) is -1.07. The molecule has 3 heterocycles. The van der Waals surface area contributed by atoms with E-state index in [-0.39, 0.29) is 11.5 Å². The van der Waals surface area contributed by atoms with Gasteiger partial charge in [-0.1, -0.05) is 0 Å². The van der Waals surface area contributed by atoms with Crippen LogP contribution in [0, 0.1) is 0 Å². The van der Waals surface area contributed by atoms with E-state index in [4.69, 9.17) is 0 Å². The van der Waals surface area contributed by atoms with E-state index in [1.165, 1.54) is 43.7 Å². The van der Waals surface area contributed by atoms with Gasteiger partial charge in [0.25, 0.3) is 17.4 Å². The third-order valence-electron chi connectivity index (χ3n) is 3.85. The average Bonchev–Trinajstić information content (AvgIpc) is 3.27. The summed E-state index contributed by atoms with van der Waals surface area (Å²) >= 11 is 2.74. The van der Waals surface area contributed by atoms with Crippen molar-refractivity contribution >= 4 is 39.4 Å². The normalized spacial score (nSPS) is 13.0. The Morgan fingerprint density at radius 1 is 1.21 bits per heavy atom. The van der Waals surface area contributed by atoms with Gasteiger partial charge in [-0.25, -0.2) is 4.98 Å². The Balaban J connectivity index is 1.48. The smallest absolute Gasteiger partial charge is 0.268 e. The number of nitrogens with one attached hydrogen (secondary N) is 2. The molecule has 0 fully saturated rings. The molecule has 3 aromatic heterocycles. The van der Waals surface area contributed by atoms with Crippen molar-refractivity contribution in [2.24, 2.45) is 0 Å². The Bertz CT molecular complexity index is 996. The quantitative estimate of drug-likeness (QED) is 0.675. The number of hydrogen-bond donors (Lipinski definition) is 2. The van der Waals surface area contributed by atoms with Gasteiger partial charge in [0.05, 0.1) is 4.88 Å². The second kappa shape index (κ2) is 5.84. The molecule has 0 bridgehead atoms. The molecule has 2 amide bonds. The summed E-state index contributed by atoms with van der Waals surface area (Å²) in [5, 5.41) is 1.71. The van der Waals surface area contributed by atoms with Crippen molar-refractivity contribution in [3.63, 3.8) is 0 Å². The van der Waals surface area contributed by atoms with Gasteiger partial charge in [-0.3, -0.25) is 29.6 Å². The molecule has 0 aliphatic heterocycles. The number of hydrazine groups is 1. The summed E-state index contributed by atoms with van der Waals surface area (Å²) in [7, 11) is 0. The average molecular weight is 360 g/mol. The summed E-state index contributed by atoms with van der Waals surface area (Å²) in [6, 6.07) is 1.86. The number of hydrogen-bond acceptors (Lipinski definition) is 6. The fraction of sp³-hybridized carbons (Fsp3) is 0.200. The van der Waals surface area contributed by atoms with E-state index >= 15 is 0 Å². The topological polar surface area (TPSA) is 92.6 Å². The molecule has 24 heavy (non-hydrogen) atoms. The molecule has 0 radical (unpaired) electrons. The van der Waals surface area contributed by atoms with Crippen LogP contribution in [0.2, 0.25) is 0 Å². The van der Waals surface area contributed by atoms with E-state index in [0.29, 0.717) is 9.84 Å². The Labute approximate surface area is 143 Å². The first-order valence-electron chi connectivity index (χ1n) is 7.30. The van der Waals surface area contributed by atoms with Gasteiger partial charge in [0.15, 0.2) is 4.96 Å². The van der Waals surface area contributed by atoms with Crippen molar-refractivity contribution in [2.75, 3.05) is 0 Å². The summed E-state index contributed by atoms with van der Waals surface area (Å²) in [5.41, 5.74) is 5.25. The molecule has 0 aromatic carbocycles. The molecule has 0 unspecified atom stereocenters. The summed E-state index contributed by atoms with van der Waals surface area (Å²) in [4.78, 5) is 42.8. The maximum absolute atomic E-state index is 12.2. The van der Waals surface area contributed by atoms with Crippen molar-refractivity contribution in [3.8, 4) is 0 Å². The monoisotopic (exact) mass is 360 g/mol. The summed E-state index contributed by atoms with van der Waals surface area (Å²) in [6.07, 6.45) is 5.90. The zero-order valence-electron chi connectivity index (χ0n) is 12.4. The van der Waals surface area contributed by atoms with Crippen molar-refractivity contribution in [1.82, 2.24) is 20.2 Å². The molecule has 3 aromatic rings. The molecule has 1 aliphatic carbocycles. The van der Waals surface area contributed by atoms with Crippen LogP contribution in [-0.2, 0) is 12.8 Å². The lowest BCUT2D eigenvalue weighted by molar-refractivity contribution is 0.0847. The van der Waals surface area contributed by atoms with Gasteiger partial charge in [-0.15, -0.1) is 22.7 Å². The van der Waals surface area contributed by atoms with Crippen LogP contribution in [0.5, 0.6) is 0 Å². The van der Waals surface area contributed by atoms with Gasteiger partial charge in [-0.2, -0.15) is 0 Å². The Morgan fingerprint density at radius 2 is 2.04 bits per heavy atom. The molecule has 0 saturated carbocycles. The number of aryl methyl sites for hydroxylation is 2. The fourth-order valence-electron chi connectivity index (χ4n) is 2.66. The number of rotatable bonds is 2. The van der Waals surface area contributed by atoms with Crippen LogP contribution in [0.3, 0.4) is 0 Å². The molecule has 122 valence electrons. The van der Waals surface area contributed by atoms with Gasteiger partial charge in [-0.05, 0) is 30.9 Å². The summed E-state index contributed by atoms with van der Waals surface area (Å²) < 4.78 is 1.30. The van der Waals surface area contributed by atoms with Crippen molar-refractivity contribution < 1.29 is 9.59 Å².